The second kappa shape index (κ2) is 7.77. The van der Waals surface area contributed by atoms with E-state index in [9.17, 15) is 5.11 Å². The van der Waals surface area contributed by atoms with Crippen LogP contribution in [0.25, 0.3) is 11.0 Å². The first-order valence-corrected chi connectivity index (χ1v) is 8.53. The Balaban J connectivity index is 0.00000176. The lowest BCUT2D eigenvalue weighted by molar-refractivity contribution is 0.0909. The molecule has 4 nitrogen and oxygen atoms in total. The lowest BCUT2D eigenvalue weighted by Gasteiger charge is -2.29. The van der Waals surface area contributed by atoms with Crippen LogP contribution in [-0.4, -0.2) is 33.3 Å². The van der Waals surface area contributed by atoms with Gasteiger partial charge in [0.15, 0.2) is 0 Å². The van der Waals surface area contributed by atoms with Gasteiger partial charge in [-0.15, -0.1) is 0 Å². The van der Waals surface area contributed by atoms with Crippen molar-refractivity contribution in [2.75, 3.05) is 6.54 Å². The van der Waals surface area contributed by atoms with Gasteiger partial charge in [-0.1, -0.05) is 19.0 Å². The van der Waals surface area contributed by atoms with Crippen molar-refractivity contribution in [1.82, 2.24) is 14.9 Å². The van der Waals surface area contributed by atoms with Gasteiger partial charge in [0, 0.05) is 17.1 Å². The van der Waals surface area contributed by atoms with Gasteiger partial charge in [0.2, 0.25) is 0 Å². The molecular weight excluding hydrogens is 366 g/mol. The van der Waals surface area contributed by atoms with E-state index in [0.717, 1.165) is 54.3 Å². The number of imidazole rings is 1. The molecule has 0 spiro atoms. The number of piperidine rings is 1. The number of hydrogen-bond donors (Lipinski definition) is 2. The van der Waals surface area contributed by atoms with Crippen LogP contribution in [-0.2, 0) is 6.54 Å². The molecule has 2 N–H and O–H groups in total. The Morgan fingerprint density at radius 1 is 1.45 bits per heavy atom. The Hall–Kier alpha value is -0.620. The van der Waals surface area contributed by atoms with Crippen LogP contribution in [0.15, 0.2) is 22.9 Å². The van der Waals surface area contributed by atoms with Crippen LogP contribution in [0.5, 0.6) is 0 Å². The summed E-state index contributed by atoms with van der Waals surface area (Å²) in [6.07, 6.45) is 5.63. The summed E-state index contributed by atoms with van der Waals surface area (Å²) in [5.41, 5.74) is 2.00. The van der Waals surface area contributed by atoms with Gasteiger partial charge in [-0.05, 0) is 60.3 Å². The molecule has 6 heteroatoms. The smallest absolute Gasteiger partial charge is 0.0958 e. The van der Waals surface area contributed by atoms with Crippen LogP contribution in [0, 0.1) is 0 Å². The Kier molecular flexibility index (Phi) is 6.26. The molecule has 1 aliphatic heterocycles. The molecule has 3 rings (SSSR count). The molecule has 2 aromatic rings. The number of benzene rings is 1. The lowest BCUT2D eigenvalue weighted by Crippen LogP contribution is -2.44. The summed E-state index contributed by atoms with van der Waals surface area (Å²) in [6, 6.07) is 4.12. The fraction of sp³-hybridized carbons (Fsp3) is 0.562. The maximum absolute atomic E-state index is 9.96. The number of halogens is 2. The monoisotopic (exact) mass is 387 g/mol. The van der Waals surface area contributed by atoms with E-state index in [4.69, 9.17) is 11.6 Å². The second-order valence-electron chi connectivity index (χ2n) is 5.61. The lowest BCUT2D eigenvalue weighted by atomic mass is 9.97. The average Bonchev–Trinajstić information content (AvgIpc) is 2.84. The third kappa shape index (κ3) is 3.82. The first kappa shape index (κ1) is 17.7. The maximum atomic E-state index is 9.96. The zero-order valence-corrected chi connectivity index (χ0v) is 14.1. The summed E-state index contributed by atoms with van der Waals surface area (Å²) < 4.78 is 3.04. The van der Waals surface area contributed by atoms with Crippen LogP contribution < -0.4 is 5.32 Å². The van der Waals surface area contributed by atoms with Gasteiger partial charge in [-0.25, -0.2) is 4.98 Å². The Labute approximate surface area is 145 Å². The molecule has 0 amide bonds. The van der Waals surface area contributed by atoms with Gasteiger partial charge >= 0.3 is 0 Å². The number of nitrogens with zero attached hydrogens (tertiary/aromatic N) is 2. The Morgan fingerprint density at radius 2 is 2.27 bits per heavy atom. The van der Waals surface area contributed by atoms with E-state index >= 15 is 0 Å². The van der Waals surface area contributed by atoms with Gasteiger partial charge in [-0.2, -0.15) is 0 Å². The molecular formula is C16H23BrClN3O. The highest BCUT2D eigenvalue weighted by Crippen LogP contribution is 2.27. The minimum absolute atomic E-state index is 0. The van der Waals surface area contributed by atoms with Gasteiger partial charge in [0.05, 0.1) is 28.5 Å². The molecule has 0 unspecified atom stereocenters. The third-order valence-corrected chi connectivity index (χ3v) is 5.32. The van der Waals surface area contributed by atoms with Crippen LogP contribution in [0.4, 0.5) is 0 Å². The highest BCUT2D eigenvalue weighted by Gasteiger charge is 2.21. The molecule has 1 aromatic carbocycles. The maximum Gasteiger partial charge on any atom is 0.0958 e. The van der Waals surface area contributed by atoms with Crippen molar-refractivity contribution in [2.45, 2.75) is 51.8 Å². The standard InChI is InChI=1S/C15H19BrClN3O.CH4/c16-10-7-14-13(8-11(10)17)19-9-20(14)6-2-3-12-15(21)4-1-5-18-12;/h7-9,12,15,18,21H,1-6H2;1H4/t12-,15+;/m1./s1. The molecule has 22 heavy (non-hydrogen) atoms. The number of fused-ring (bicyclic) bond motifs is 1. The molecule has 122 valence electrons. The summed E-state index contributed by atoms with van der Waals surface area (Å²) in [6.45, 7) is 1.91. The first-order chi connectivity index (χ1) is 10.1. The van der Waals surface area contributed by atoms with Crippen molar-refractivity contribution in [3.05, 3.63) is 28.0 Å². The van der Waals surface area contributed by atoms with Gasteiger partial charge in [0.1, 0.15) is 0 Å². The average molecular weight is 389 g/mol. The Morgan fingerprint density at radius 3 is 3.05 bits per heavy atom. The summed E-state index contributed by atoms with van der Waals surface area (Å²) in [5.74, 6) is 0. The second-order valence-corrected chi connectivity index (χ2v) is 6.87. The van der Waals surface area contributed by atoms with E-state index in [2.05, 4.69) is 30.8 Å². The molecule has 1 aromatic heterocycles. The minimum Gasteiger partial charge on any atom is -0.392 e. The van der Waals surface area contributed by atoms with Gasteiger partial charge in [-0.3, -0.25) is 0 Å². The van der Waals surface area contributed by atoms with Crippen molar-refractivity contribution in [3.63, 3.8) is 0 Å². The fourth-order valence-corrected chi connectivity index (χ4v) is 3.43. The SMILES string of the molecule is C.O[C@H]1CCCN[C@@H]1CCCn1cnc2cc(Cl)c(Br)cc21. The van der Waals surface area contributed by atoms with Crippen molar-refractivity contribution < 1.29 is 5.11 Å². The van der Waals surface area contributed by atoms with Crippen molar-refractivity contribution in [1.29, 1.82) is 0 Å². The number of aliphatic hydroxyl groups is 1. The minimum atomic E-state index is -0.203. The number of aromatic nitrogens is 2. The number of rotatable bonds is 4. The predicted molar refractivity (Wildman–Crippen MR) is 95.4 cm³/mol. The molecule has 2 atom stereocenters. The van der Waals surface area contributed by atoms with E-state index in [1.54, 1.807) is 0 Å². The third-order valence-electron chi connectivity index (χ3n) is 4.12. The number of aliphatic hydroxyl groups excluding tert-OH is 1. The summed E-state index contributed by atoms with van der Waals surface area (Å²) in [7, 11) is 0. The zero-order valence-electron chi connectivity index (χ0n) is 11.7. The van der Waals surface area contributed by atoms with Crippen molar-refractivity contribution >= 4 is 38.6 Å². The normalized spacial score (nSPS) is 21.8. The number of nitrogens with one attached hydrogen (secondary N) is 1. The largest absolute Gasteiger partial charge is 0.392 e. The highest BCUT2D eigenvalue weighted by atomic mass is 79.9. The molecule has 1 fully saturated rings. The molecule has 2 heterocycles. The Bertz CT molecular complexity index is 631. The zero-order chi connectivity index (χ0) is 14.8. The summed E-state index contributed by atoms with van der Waals surface area (Å²) in [4.78, 5) is 4.39. The van der Waals surface area contributed by atoms with E-state index in [0.29, 0.717) is 5.02 Å². The van der Waals surface area contributed by atoms with Crippen molar-refractivity contribution in [2.24, 2.45) is 0 Å². The predicted octanol–water partition coefficient (Wildman–Crippen LogP) is 3.98. The van der Waals surface area contributed by atoms with E-state index in [1.807, 2.05) is 18.5 Å². The first-order valence-electron chi connectivity index (χ1n) is 7.36. The van der Waals surface area contributed by atoms with Crippen LogP contribution in [0.3, 0.4) is 0 Å². The van der Waals surface area contributed by atoms with E-state index < -0.39 is 0 Å². The molecule has 0 radical (unpaired) electrons. The van der Waals surface area contributed by atoms with E-state index in [-0.39, 0.29) is 19.6 Å². The topological polar surface area (TPSA) is 50.1 Å². The fourth-order valence-electron chi connectivity index (χ4n) is 2.94. The molecule has 1 saturated heterocycles. The summed E-state index contributed by atoms with van der Waals surface area (Å²) >= 11 is 9.54. The van der Waals surface area contributed by atoms with Crippen molar-refractivity contribution in [3.8, 4) is 0 Å². The number of hydrogen-bond acceptors (Lipinski definition) is 3. The molecule has 0 saturated carbocycles. The van der Waals surface area contributed by atoms with Gasteiger partial charge < -0.3 is 15.0 Å². The van der Waals surface area contributed by atoms with Gasteiger partial charge in [0.25, 0.3) is 0 Å². The number of aryl methyl sites for hydroxylation is 1. The quantitative estimate of drug-likeness (QED) is 0.833. The molecule has 1 aliphatic rings. The molecule has 0 bridgehead atoms. The van der Waals surface area contributed by atoms with E-state index in [1.165, 1.54) is 0 Å². The summed E-state index contributed by atoms with van der Waals surface area (Å²) in [5, 5.41) is 14.0. The van der Waals surface area contributed by atoms with Crippen LogP contribution in [0.1, 0.15) is 33.1 Å². The molecule has 0 aliphatic carbocycles. The van der Waals surface area contributed by atoms with Crippen LogP contribution >= 0.6 is 27.5 Å². The highest BCUT2D eigenvalue weighted by molar-refractivity contribution is 9.10. The van der Waals surface area contributed by atoms with Crippen LogP contribution in [0.2, 0.25) is 5.02 Å².